The van der Waals surface area contributed by atoms with Crippen LogP contribution in [0, 0.1) is 0 Å². The van der Waals surface area contributed by atoms with Crippen molar-refractivity contribution in [3.63, 3.8) is 0 Å². The second-order valence-electron chi connectivity index (χ2n) is 7.57. The number of aromatic nitrogens is 1. The van der Waals surface area contributed by atoms with Crippen LogP contribution in [0.5, 0.6) is 0 Å². The monoisotopic (exact) mass is 367 g/mol. The van der Waals surface area contributed by atoms with Gasteiger partial charge in [0.15, 0.2) is 0 Å². The Bertz CT molecular complexity index is 770. The van der Waals surface area contributed by atoms with Crippen molar-refractivity contribution in [2.45, 2.75) is 39.5 Å². The fraction of sp³-hybridized carbons (Fsp3) is 0.455. The minimum atomic E-state index is -0.167. The number of pyridine rings is 1. The molecule has 0 radical (unpaired) electrons. The number of nitrogens with one attached hydrogen (secondary N) is 1. The molecule has 5 nitrogen and oxygen atoms in total. The Kier molecular flexibility index (Phi) is 6.11. The maximum Gasteiger partial charge on any atom is 0.274 e. The van der Waals surface area contributed by atoms with Crippen LogP contribution >= 0.6 is 0 Å². The van der Waals surface area contributed by atoms with Gasteiger partial charge in [-0.1, -0.05) is 45.9 Å². The average Bonchev–Trinajstić information content (AvgIpc) is 2.68. The SMILES string of the molecule is CC(C)c1cccc(C(C)C)c1NC(=O)c1cc(N2CCOCC2)ccn1. The van der Waals surface area contributed by atoms with E-state index in [2.05, 4.69) is 61.1 Å². The number of para-hydroxylation sites is 1. The average molecular weight is 367 g/mol. The lowest BCUT2D eigenvalue weighted by molar-refractivity contribution is 0.102. The molecule has 0 unspecified atom stereocenters. The normalized spacial score (nSPS) is 14.7. The van der Waals surface area contributed by atoms with Gasteiger partial charge in [0.2, 0.25) is 0 Å². The van der Waals surface area contributed by atoms with Gasteiger partial charge in [0.25, 0.3) is 5.91 Å². The van der Waals surface area contributed by atoms with E-state index in [-0.39, 0.29) is 5.91 Å². The van der Waals surface area contributed by atoms with Crippen molar-refractivity contribution < 1.29 is 9.53 Å². The number of nitrogens with zero attached hydrogens (tertiary/aromatic N) is 2. The van der Waals surface area contributed by atoms with Crippen LogP contribution in [0.25, 0.3) is 0 Å². The van der Waals surface area contributed by atoms with Crippen LogP contribution in [-0.2, 0) is 4.74 Å². The van der Waals surface area contributed by atoms with Crippen molar-refractivity contribution >= 4 is 17.3 Å². The number of ether oxygens (including phenoxy) is 1. The van der Waals surface area contributed by atoms with Gasteiger partial charge >= 0.3 is 0 Å². The zero-order chi connectivity index (χ0) is 19.4. The van der Waals surface area contributed by atoms with E-state index in [0.717, 1.165) is 35.6 Å². The van der Waals surface area contributed by atoms with Crippen molar-refractivity contribution in [3.05, 3.63) is 53.3 Å². The molecule has 2 aromatic rings. The molecule has 1 fully saturated rings. The molecule has 27 heavy (non-hydrogen) atoms. The van der Waals surface area contributed by atoms with Crippen molar-refractivity contribution in [2.75, 3.05) is 36.5 Å². The first kappa shape index (κ1) is 19.4. The number of rotatable bonds is 5. The highest BCUT2D eigenvalue weighted by Crippen LogP contribution is 2.32. The molecule has 1 aromatic heterocycles. The molecule has 1 saturated heterocycles. The van der Waals surface area contributed by atoms with E-state index in [9.17, 15) is 4.79 Å². The lowest BCUT2D eigenvalue weighted by atomic mass is 9.92. The molecule has 0 atom stereocenters. The van der Waals surface area contributed by atoms with Crippen molar-refractivity contribution in [1.82, 2.24) is 4.98 Å². The molecular formula is C22H29N3O2. The second-order valence-corrected chi connectivity index (χ2v) is 7.57. The Hall–Kier alpha value is -2.40. The van der Waals surface area contributed by atoms with Crippen LogP contribution < -0.4 is 10.2 Å². The minimum absolute atomic E-state index is 0.167. The Morgan fingerprint density at radius 1 is 1.07 bits per heavy atom. The molecule has 5 heteroatoms. The van der Waals surface area contributed by atoms with E-state index < -0.39 is 0 Å². The number of carbonyl (C=O) groups excluding carboxylic acids is 1. The second kappa shape index (κ2) is 8.53. The summed E-state index contributed by atoms with van der Waals surface area (Å²) in [5.74, 6) is 0.485. The van der Waals surface area contributed by atoms with Crippen molar-refractivity contribution in [1.29, 1.82) is 0 Å². The molecule has 0 bridgehead atoms. The summed E-state index contributed by atoms with van der Waals surface area (Å²) in [5.41, 5.74) is 4.68. The summed E-state index contributed by atoms with van der Waals surface area (Å²) in [4.78, 5) is 19.5. The molecule has 0 spiro atoms. The van der Waals surface area contributed by atoms with Crippen LogP contribution in [0.3, 0.4) is 0 Å². The third kappa shape index (κ3) is 4.48. The summed E-state index contributed by atoms with van der Waals surface area (Å²) in [5, 5.41) is 3.14. The lowest BCUT2D eigenvalue weighted by Gasteiger charge is -2.29. The quantitative estimate of drug-likeness (QED) is 0.850. The highest BCUT2D eigenvalue weighted by atomic mass is 16.5. The lowest BCUT2D eigenvalue weighted by Crippen LogP contribution is -2.36. The molecule has 0 saturated carbocycles. The van der Waals surface area contributed by atoms with Crippen LogP contribution in [0.4, 0.5) is 11.4 Å². The Morgan fingerprint density at radius 2 is 1.70 bits per heavy atom. The van der Waals surface area contributed by atoms with E-state index >= 15 is 0 Å². The molecule has 144 valence electrons. The fourth-order valence-electron chi connectivity index (χ4n) is 3.43. The predicted octanol–water partition coefficient (Wildman–Crippen LogP) is 4.42. The Morgan fingerprint density at radius 3 is 2.30 bits per heavy atom. The third-order valence-corrected chi connectivity index (χ3v) is 4.96. The molecule has 2 heterocycles. The number of hydrogen-bond acceptors (Lipinski definition) is 4. The van der Waals surface area contributed by atoms with Gasteiger partial charge in [-0.25, -0.2) is 0 Å². The number of hydrogen-bond donors (Lipinski definition) is 1. The molecule has 0 aliphatic carbocycles. The standard InChI is InChI=1S/C22H29N3O2/c1-15(2)18-6-5-7-19(16(3)4)21(18)24-22(26)20-14-17(8-9-23-20)25-10-12-27-13-11-25/h5-9,14-16H,10-13H2,1-4H3,(H,24,26). The van der Waals surface area contributed by atoms with E-state index in [1.807, 2.05) is 12.1 Å². The van der Waals surface area contributed by atoms with E-state index in [1.165, 1.54) is 0 Å². The number of carbonyl (C=O) groups is 1. The first-order valence-electron chi connectivity index (χ1n) is 9.70. The third-order valence-electron chi connectivity index (χ3n) is 4.96. The van der Waals surface area contributed by atoms with Gasteiger partial charge in [-0.2, -0.15) is 0 Å². The number of anilines is 2. The first-order chi connectivity index (χ1) is 13.0. The molecule has 1 amide bonds. The predicted molar refractivity (Wildman–Crippen MR) is 110 cm³/mol. The summed E-state index contributed by atoms with van der Waals surface area (Å²) < 4.78 is 5.41. The molecule has 1 aliphatic heterocycles. The largest absolute Gasteiger partial charge is 0.378 e. The molecular weight excluding hydrogens is 338 g/mol. The van der Waals surface area contributed by atoms with Gasteiger partial charge in [0.1, 0.15) is 5.69 Å². The number of morpholine rings is 1. The minimum Gasteiger partial charge on any atom is -0.378 e. The number of amides is 1. The smallest absolute Gasteiger partial charge is 0.274 e. The first-order valence-corrected chi connectivity index (χ1v) is 9.70. The Balaban J connectivity index is 1.88. The van der Waals surface area contributed by atoms with Crippen LogP contribution in [0.1, 0.15) is 61.1 Å². The highest BCUT2D eigenvalue weighted by Gasteiger charge is 2.19. The summed E-state index contributed by atoms with van der Waals surface area (Å²) in [6.45, 7) is 11.7. The zero-order valence-corrected chi connectivity index (χ0v) is 16.7. The van der Waals surface area contributed by atoms with Gasteiger partial charge in [0.05, 0.1) is 13.2 Å². The highest BCUT2D eigenvalue weighted by molar-refractivity contribution is 6.04. The molecule has 1 aliphatic rings. The maximum absolute atomic E-state index is 13.0. The Labute approximate surface area is 161 Å². The van der Waals surface area contributed by atoms with E-state index in [4.69, 9.17) is 4.74 Å². The zero-order valence-electron chi connectivity index (χ0n) is 16.7. The van der Waals surface area contributed by atoms with Crippen molar-refractivity contribution in [3.8, 4) is 0 Å². The number of benzene rings is 1. The van der Waals surface area contributed by atoms with Crippen LogP contribution in [-0.4, -0.2) is 37.2 Å². The van der Waals surface area contributed by atoms with E-state index in [1.54, 1.807) is 6.20 Å². The summed E-state index contributed by atoms with van der Waals surface area (Å²) >= 11 is 0. The molecule has 3 rings (SSSR count). The summed E-state index contributed by atoms with van der Waals surface area (Å²) in [7, 11) is 0. The maximum atomic E-state index is 13.0. The van der Waals surface area contributed by atoms with Gasteiger partial charge in [-0.3, -0.25) is 9.78 Å². The van der Waals surface area contributed by atoms with Crippen molar-refractivity contribution in [2.24, 2.45) is 0 Å². The van der Waals surface area contributed by atoms with Gasteiger partial charge in [0, 0.05) is 30.7 Å². The van der Waals surface area contributed by atoms with E-state index in [0.29, 0.717) is 30.7 Å². The summed E-state index contributed by atoms with van der Waals surface area (Å²) in [6, 6.07) is 10.1. The van der Waals surface area contributed by atoms with Crippen LogP contribution in [0.15, 0.2) is 36.5 Å². The van der Waals surface area contributed by atoms with Gasteiger partial charge in [-0.15, -0.1) is 0 Å². The topological polar surface area (TPSA) is 54.5 Å². The fourth-order valence-corrected chi connectivity index (χ4v) is 3.43. The molecule has 1 N–H and O–H groups in total. The van der Waals surface area contributed by atoms with Gasteiger partial charge < -0.3 is 15.0 Å². The molecule has 1 aromatic carbocycles. The summed E-state index contributed by atoms with van der Waals surface area (Å²) in [6.07, 6.45) is 1.71. The van der Waals surface area contributed by atoms with Gasteiger partial charge in [-0.05, 0) is 35.1 Å². The van der Waals surface area contributed by atoms with Crippen LogP contribution in [0.2, 0.25) is 0 Å².